The van der Waals surface area contributed by atoms with Gasteiger partial charge in [-0.25, -0.2) is 4.39 Å². The highest BCUT2D eigenvalue weighted by molar-refractivity contribution is 5.43. The van der Waals surface area contributed by atoms with Crippen LogP contribution in [0.3, 0.4) is 0 Å². The summed E-state index contributed by atoms with van der Waals surface area (Å²) >= 11 is 0. The Hall–Kier alpha value is -1.64. The molecule has 2 rings (SSSR count). The number of nitrogens with zero attached hydrogens (tertiary/aromatic N) is 1. The number of halogens is 1. The number of ether oxygens (including phenoxy) is 2. The lowest BCUT2D eigenvalue weighted by atomic mass is 9.81. The summed E-state index contributed by atoms with van der Waals surface area (Å²) in [7, 11) is 0. The molecule has 0 amide bonds. The second kappa shape index (κ2) is 6.00. The molecule has 0 unspecified atom stereocenters. The van der Waals surface area contributed by atoms with Gasteiger partial charge in [0.2, 0.25) is 0 Å². The van der Waals surface area contributed by atoms with Crippen molar-refractivity contribution in [2.45, 2.75) is 12.8 Å². The van der Waals surface area contributed by atoms with Gasteiger partial charge in [0, 0.05) is 25.2 Å². The van der Waals surface area contributed by atoms with Crippen LogP contribution in [0.4, 0.5) is 4.39 Å². The average molecular weight is 264 g/mol. The summed E-state index contributed by atoms with van der Waals surface area (Å²) in [5.74, 6) is -0.282. The smallest absolute Gasteiger partial charge is 0.144 e. The monoisotopic (exact) mass is 264 g/mol. The van der Waals surface area contributed by atoms with Crippen LogP contribution in [0.5, 0.6) is 5.75 Å². The summed E-state index contributed by atoms with van der Waals surface area (Å²) in [6, 6.07) is 6.21. The number of hydrogen-bond acceptors (Lipinski definition) is 4. The first-order valence-electron chi connectivity index (χ1n) is 6.30. The highest BCUT2D eigenvalue weighted by Gasteiger charge is 2.32. The van der Waals surface area contributed by atoms with Crippen LogP contribution in [0, 0.1) is 22.6 Å². The van der Waals surface area contributed by atoms with Crippen molar-refractivity contribution in [3.8, 4) is 11.8 Å². The molecule has 1 aliphatic heterocycles. The van der Waals surface area contributed by atoms with E-state index in [0.717, 1.165) is 12.8 Å². The molecule has 102 valence electrons. The third kappa shape index (κ3) is 3.03. The van der Waals surface area contributed by atoms with E-state index in [0.29, 0.717) is 26.4 Å². The second-order valence-electron chi connectivity index (χ2n) is 4.83. The summed E-state index contributed by atoms with van der Waals surface area (Å²) in [5.41, 5.74) is 5.63. The standard InChI is InChI=1S/C14H17FN2O2/c15-12-2-1-3-13(11(12)8-16)19-10-14(9-17)4-6-18-7-5-14/h1-3H,4-7,9-10,17H2. The van der Waals surface area contributed by atoms with E-state index in [9.17, 15) is 4.39 Å². The Morgan fingerprint density at radius 3 is 2.79 bits per heavy atom. The van der Waals surface area contributed by atoms with Gasteiger partial charge in [-0.3, -0.25) is 0 Å². The maximum atomic E-state index is 13.4. The SMILES string of the molecule is N#Cc1c(F)cccc1OCC1(CN)CCOCC1. The van der Waals surface area contributed by atoms with Crippen LogP contribution >= 0.6 is 0 Å². The van der Waals surface area contributed by atoms with Crippen molar-refractivity contribution in [3.63, 3.8) is 0 Å². The van der Waals surface area contributed by atoms with E-state index in [-0.39, 0.29) is 16.7 Å². The molecule has 1 saturated heterocycles. The highest BCUT2D eigenvalue weighted by Crippen LogP contribution is 2.31. The van der Waals surface area contributed by atoms with Crippen LogP contribution in [0.25, 0.3) is 0 Å². The van der Waals surface area contributed by atoms with Gasteiger partial charge in [-0.05, 0) is 25.0 Å². The molecular weight excluding hydrogens is 247 g/mol. The quantitative estimate of drug-likeness (QED) is 0.900. The molecular formula is C14H17FN2O2. The predicted octanol–water partition coefficient (Wildman–Crippen LogP) is 1.83. The molecule has 0 aromatic heterocycles. The third-order valence-corrected chi connectivity index (χ3v) is 3.61. The summed E-state index contributed by atoms with van der Waals surface area (Å²) in [4.78, 5) is 0. The maximum absolute atomic E-state index is 13.4. The van der Waals surface area contributed by atoms with Gasteiger partial charge in [-0.2, -0.15) is 5.26 Å². The second-order valence-corrected chi connectivity index (χ2v) is 4.83. The fourth-order valence-corrected chi connectivity index (χ4v) is 2.18. The van der Waals surface area contributed by atoms with Crippen LogP contribution in [-0.2, 0) is 4.74 Å². The normalized spacial score (nSPS) is 17.7. The molecule has 5 heteroatoms. The lowest BCUT2D eigenvalue weighted by Crippen LogP contribution is -2.41. The van der Waals surface area contributed by atoms with Crippen LogP contribution in [0.15, 0.2) is 18.2 Å². The van der Waals surface area contributed by atoms with Gasteiger partial charge in [-0.1, -0.05) is 6.07 Å². The van der Waals surface area contributed by atoms with E-state index < -0.39 is 5.82 Å². The first kappa shape index (κ1) is 13.8. The molecule has 0 saturated carbocycles. The van der Waals surface area contributed by atoms with Crippen molar-refractivity contribution in [1.82, 2.24) is 0 Å². The summed E-state index contributed by atoms with van der Waals surface area (Å²) in [5, 5.41) is 8.94. The minimum atomic E-state index is -0.561. The van der Waals surface area contributed by atoms with Crippen LogP contribution in [0.2, 0.25) is 0 Å². The fraction of sp³-hybridized carbons (Fsp3) is 0.500. The Labute approximate surface area is 111 Å². The summed E-state index contributed by atoms with van der Waals surface area (Å²) in [6.07, 6.45) is 1.64. The van der Waals surface area contributed by atoms with Gasteiger partial charge in [-0.15, -0.1) is 0 Å². The first-order valence-corrected chi connectivity index (χ1v) is 6.30. The Bertz CT molecular complexity index is 479. The van der Waals surface area contributed by atoms with Crippen molar-refractivity contribution in [2.75, 3.05) is 26.4 Å². The molecule has 1 fully saturated rings. The van der Waals surface area contributed by atoms with Gasteiger partial charge in [0.1, 0.15) is 23.2 Å². The van der Waals surface area contributed by atoms with Crippen molar-refractivity contribution < 1.29 is 13.9 Å². The third-order valence-electron chi connectivity index (χ3n) is 3.61. The topological polar surface area (TPSA) is 68.3 Å². The molecule has 0 spiro atoms. The van der Waals surface area contributed by atoms with Crippen LogP contribution in [-0.4, -0.2) is 26.4 Å². The van der Waals surface area contributed by atoms with E-state index in [1.807, 2.05) is 6.07 Å². The highest BCUT2D eigenvalue weighted by atomic mass is 19.1. The Morgan fingerprint density at radius 1 is 1.42 bits per heavy atom. The van der Waals surface area contributed by atoms with E-state index in [1.54, 1.807) is 6.07 Å². The average Bonchev–Trinajstić information content (AvgIpc) is 2.46. The molecule has 2 N–H and O–H groups in total. The minimum Gasteiger partial charge on any atom is -0.491 e. The number of benzene rings is 1. The van der Waals surface area contributed by atoms with E-state index in [4.69, 9.17) is 20.5 Å². The number of nitrogens with two attached hydrogens (primary N) is 1. The zero-order valence-corrected chi connectivity index (χ0v) is 10.7. The van der Waals surface area contributed by atoms with Gasteiger partial charge >= 0.3 is 0 Å². The van der Waals surface area contributed by atoms with Crippen molar-refractivity contribution in [3.05, 3.63) is 29.6 Å². The van der Waals surface area contributed by atoms with Crippen molar-refractivity contribution >= 4 is 0 Å². The first-order chi connectivity index (χ1) is 9.21. The molecule has 1 heterocycles. The molecule has 1 aliphatic rings. The number of nitriles is 1. The molecule has 0 aliphatic carbocycles. The number of hydrogen-bond donors (Lipinski definition) is 1. The van der Waals surface area contributed by atoms with E-state index in [1.165, 1.54) is 12.1 Å². The van der Waals surface area contributed by atoms with Crippen molar-refractivity contribution in [2.24, 2.45) is 11.1 Å². The largest absolute Gasteiger partial charge is 0.491 e. The molecule has 0 atom stereocenters. The summed E-state index contributed by atoms with van der Waals surface area (Å²) in [6.45, 7) is 2.20. The zero-order chi connectivity index (χ0) is 13.7. The Kier molecular flexibility index (Phi) is 4.35. The Balaban J connectivity index is 2.10. The molecule has 19 heavy (non-hydrogen) atoms. The van der Waals surface area contributed by atoms with Crippen LogP contribution in [0.1, 0.15) is 18.4 Å². The Morgan fingerprint density at radius 2 is 2.16 bits per heavy atom. The predicted molar refractivity (Wildman–Crippen MR) is 68.2 cm³/mol. The lowest BCUT2D eigenvalue weighted by molar-refractivity contribution is -0.00509. The zero-order valence-electron chi connectivity index (χ0n) is 10.7. The van der Waals surface area contributed by atoms with Gasteiger partial charge in [0.05, 0.1) is 6.61 Å². The van der Waals surface area contributed by atoms with Gasteiger partial charge in [0.15, 0.2) is 0 Å². The molecule has 1 aromatic carbocycles. The van der Waals surface area contributed by atoms with E-state index >= 15 is 0 Å². The molecule has 0 radical (unpaired) electrons. The van der Waals surface area contributed by atoms with Gasteiger partial charge < -0.3 is 15.2 Å². The van der Waals surface area contributed by atoms with Crippen LogP contribution < -0.4 is 10.5 Å². The minimum absolute atomic E-state index is 0.0540. The fourth-order valence-electron chi connectivity index (χ4n) is 2.18. The lowest BCUT2D eigenvalue weighted by Gasteiger charge is -2.35. The molecule has 0 bridgehead atoms. The van der Waals surface area contributed by atoms with E-state index in [2.05, 4.69) is 0 Å². The van der Waals surface area contributed by atoms with Crippen molar-refractivity contribution in [1.29, 1.82) is 5.26 Å². The molecule has 1 aromatic rings. The molecule has 4 nitrogen and oxygen atoms in total. The number of rotatable bonds is 4. The summed E-state index contributed by atoms with van der Waals surface area (Å²) < 4.78 is 24.4. The van der Waals surface area contributed by atoms with Gasteiger partial charge in [0.25, 0.3) is 0 Å². The maximum Gasteiger partial charge on any atom is 0.144 e.